The van der Waals surface area contributed by atoms with Crippen LogP contribution < -0.4 is 10.2 Å². The number of allylic oxidation sites excluding steroid dienone is 1. The predicted molar refractivity (Wildman–Crippen MR) is 126 cm³/mol. The van der Waals surface area contributed by atoms with Crippen LogP contribution in [0.2, 0.25) is 5.02 Å². The monoisotopic (exact) mass is 442 g/mol. The molecule has 166 valence electrons. The minimum Gasteiger partial charge on any atom is -0.371 e. The Balaban J connectivity index is 1.36. The number of hydrogen-bond donors (Lipinski definition) is 1. The average Bonchev–Trinajstić information content (AvgIpc) is 3.23. The topological polar surface area (TPSA) is 56.6 Å². The smallest absolute Gasteiger partial charge is 0.344 e. The van der Waals surface area contributed by atoms with E-state index in [1.807, 2.05) is 17.9 Å². The fraction of sp³-hybridized carbons (Fsp3) is 0.478. The first-order valence-electron chi connectivity index (χ1n) is 11.0. The summed E-state index contributed by atoms with van der Waals surface area (Å²) < 4.78 is 1.40. The second-order valence-corrected chi connectivity index (χ2v) is 8.85. The molecule has 0 aliphatic carbocycles. The van der Waals surface area contributed by atoms with Crippen LogP contribution in [0, 0.1) is 0 Å². The van der Waals surface area contributed by atoms with E-state index in [-0.39, 0.29) is 6.03 Å². The summed E-state index contributed by atoms with van der Waals surface area (Å²) in [6.07, 6.45) is 5.48. The molecule has 0 spiro atoms. The lowest BCUT2D eigenvalue weighted by Crippen LogP contribution is -2.49. The second-order valence-electron chi connectivity index (χ2n) is 8.42. The second kappa shape index (κ2) is 9.75. The summed E-state index contributed by atoms with van der Waals surface area (Å²) in [5.41, 5.74) is 3.37. The Labute approximate surface area is 189 Å². The minimum atomic E-state index is -0.0880. The molecule has 8 heteroatoms. The summed E-state index contributed by atoms with van der Waals surface area (Å²) in [4.78, 5) is 19.5. The largest absolute Gasteiger partial charge is 0.371 e. The van der Waals surface area contributed by atoms with Crippen molar-refractivity contribution in [3.63, 3.8) is 0 Å². The molecule has 0 radical (unpaired) electrons. The summed E-state index contributed by atoms with van der Waals surface area (Å²) in [6, 6.07) is 7.94. The molecular weight excluding hydrogens is 412 g/mol. The van der Waals surface area contributed by atoms with Gasteiger partial charge in [0.1, 0.15) is 0 Å². The Kier molecular flexibility index (Phi) is 6.83. The van der Waals surface area contributed by atoms with Gasteiger partial charge in [0.25, 0.3) is 0 Å². The van der Waals surface area contributed by atoms with Crippen LogP contribution >= 0.6 is 11.6 Å². The highest BCUT2D eigenvalue weighted by Gasteiger charge is 2.24. The van der Waals surface area contributed by atoms with Crippen molar-refractivity contribution in [3.05, 3.63) is 53.3 Å². The standard InChI is InChI=1S/C23H31ClN6O/c1-18(2)25-22-8-11-30(26-22)23(31)29-14-12-27(13-15-29)17-19-6-7-20(24)16-21(19)28-9-4-3-5-10-28/h6-8,11,16H,1,3-5,9-10,12-15,17H2,2H3,(H,25,26). The molecule has 1 aromatic carbocycles. The van der Waals surface area contributed by atoms with Crippen molar-refractivity contribution in [2.45, 2.75) is 32.7 Å². The lowest BCUT2D eigenvalue weighted by molar-refractivity contribution is 0.134. The number of rotatable bonds is 5. The molecule has 2 fully saturated rings. The normalized spacial score (nSPS) is 17.6. The Morgan fingerprint density at radius 3 is 2.55 bits per heavy atom. The van der Waals surface area contributed by atoms with Gasteiger partial charge in [0.15, 0.2) is 5.82 Å². The molecule has 7 nitrogen and oxygen atoms in total. The fourth-order valence-electron chi connectivity index (χ4n) is 4.30. The van der Waals surface area contributed by atoms with Crippen molar-refractivity contribution in [3.8, 4) is 0 Å². The van der Waals surface area contributed by atoms with E-state index in [1.54, 1.807) is 12.3 Å². The lowest BCUT2D eigenvalue weighted by atomic mass is 10.1. The molecule has 1 amide bonds. The number of halogens is 1. The number of carbonyl (C=O) groups excluding carboxylic acids is 1. The van der Waals surface area contributed by atoms with Gasteiger partial charge < -0.3 is 15.1 Å². The van der Waals surface area contributed by atoms with Gasteiger partial charge in [-0.3, -0.25) is 4.90 Å². The fourth-order valence-corrected chi connectivity index (χ4v) is 4.47. The van der Waals surface area contributed by atoms with Gasteiger partial charge in [0, 0.05) is 74.5 Å². The van der Waals surface area contributed by atoms with E-state index in [0.717, 1.165) is 43.4 Å². The van der Waals surface area contributed by atoms with E-state index < -0.39 is 0 Å². The molecule has 1 aromatic heterocycles. The summed E-state index contributed by atoms with van der Waals surface area (Å²) in [5, 5.41) is 8.13. The van der Waals surface area contributed by atoms with E-state index >= 15 is 0 Å². The molecule has 4 rings (SSSR count). The minimum absolute atomic E-state index is 0.0880. The Morgan fingerprint density at radius 1 is 1.10 bits per heavy atom. The number of aromatic nitrogens is 2. The van der Waals surface area contributed by atoms with Crippen LogP contribution in [0.1, 0.15) is 31.7 Å². The highest BCUT2D eigenvalue weighted by atomic mass is 35.5. The molecule has 31 heavy (non-hydrogen) atoms. The van der Waals surface area contributed by atoms with Gasteiger partial charge in [-0.15, -0.1) is 5.10 Å². The van der Waals surface area contributed by atoms with Gasteiger partial charge in [0.2, 0.25) is 0 Å². The maximum absolute atomic E-state index is 12.8. The van der Waals surface area contributed by atoms with Crippen molar-refractivity contribution in [1.29, 1.82) is 0 Å². The molecular formula is C23H31ClN6O. The zero-order valence-electron chi connectivity index (χ0n) is 18.2. The molecule has 2 aliphatic heterocycles. The molecule has 0 atom stereocenters. The average molecular weight is 443 g/mol. The van der Waals surface area contributed by atoms with Gasteiger partial charge in [0.05, 0.1) is 0 Å². The van der Waals surface area contributed by atoms with E-state index in [0.29, 0.717) is 18.9 Å². The van der Waals surface area contributed by atoms with Gasteiger partial charge in [-0.05, 0) is 43.9 Å². The third kappa shape index (κ3) is 5.40. The number of carbonyl (C=O) groups is 1. The van der Waals surface area contributed by atoms with Crippen LogP contribution in [0.5, 0.6) is 0 Å². The van der Waals surface area contributed by atoms with Crippen LogP contribution in [-0.2, 0) is 6.54 Å². The van der Waals surface area contributed by atoms with Gasteiger partial charge in [-0.2, -0.15) is 4.68 Å². The maximum atomic E-state index is 12.8. The van der Waals surface area contributed by atoms with E-state index in [1.165, 1.54) is 35.2 Å². The highest BCUT2D eigenvalue weighted by molar-refractivity contribution is 6.30. The maximum Gasteiger partial charge on any atom is 0.344 e. The molecule has 0 bridgehead atoms. The molecule has 3 heterocycles. The molecule has 2 aromatic rings. The number of piperazine rings is 1. The van der Waals surface area contributed by atoms with Crippen LogP contribution in [-0.4, -0.2) is 64.9 Å². The first kappa shape index (κ1) is 21.7. The van der Waals surface area contributed by atoms with Gasteiger partial charge in [-0.25, -0.2) is 4.79 Å². The number of hydrogen-bond acceptors (Lipinski definition) is 5. The third-order valence-corrected chi connectivity index (χ3v) is 6.14. The zero-order chi connectivity index (χ0) is 21.8. The molecule has 2 saturated heterocycles. The Bertz CT molecular complexity index is 928. The third-order valence-electron chi connectivity index (χ3n) is 5.91. The molecule has 0 saturated carbocycles. The summed E-state index contributed by atoms with van der Waals surface area (Å²) in [6.45, 7) is 11.8. The number of piperidine rings is 1. The van der Waals surface area contributed by atoms with Crippen LogP contribution in [0.4, 0.5) is 16.3 Å². The van der Waals surface area contributed by atoms with Crippen LogP contribution in [0.15, 0.2) is 42.7 Å². The lowest BCUT2D eigenvalue weighted by Gasteiger charge is -2.36. The number of nitrogens with one attached hydrogen (secondary N) is 1. The van der Waals surface area contributed by atoms with E-state index in [9.17, 15) is 4.79 Å². The van der Waals surface area contributed by atoms with E-state index in [4.69, 9.17) is 11.6 Å². The van der Waals surface area contributed by atoms with Crippen molar-refractivity contribution in [1.82, 2.24) is 19.6 Å². The van der Waals surface area contributed by atoms with Gasteiger partial charge >= 0.3 is 6.03 Å². The zero-order valence-corrected chi connectivity index (χ0v) is 18.9. The summed E-state index contributed by atoms with van der Waals surface area (Å²) in [7, 11) is 0. The molecule has 0 unspecified atom stereocenters. The number of anilines is 2. The van der Waals surface area contributed by atoms with E-state index in [2.05, 4.69) is 38.9 Å². The van der Waals surface area contributed by atoms with Crippen LogP contribution in [0.3, 0.4) is 0 Å². The van der Waals surface area contributed by atoms with Gasteiger partial charge in [-0.1, -0.05) is 24.2 Å². The first-order chi connectivity index (χ1) is 15.0. The molecule has 1 N–H and O–H groups in total. The summed E-state index contributed by atoms with van der Waals surface area (Å²) in [5.74, 6) is 0.632. The van der Waals surface area contributed by atoms with Crippen molar-refractivity contribution >= 4 is 29.1 Å². The molecule has 2 aliphatic rings. The number of benzene rings is 1. The number of amides is 1. The Morgan fingerprint density at radius 2 is 1.84 bits per heavy atom. The quantitative estimate of drug-likeness (QED) is 0.749. The van der Waals surface area contributed by atoms with Crippen molar-refractivity contribution in [2.75, 3.05) is 49.5 Å². The SMILES string of the molecule is C=C(C)Nc1ccn(C(=O)N2CCN(Cc3ccc(Cl)cc3N3CCCCC3)CC2)n1. The van der Waals surface area contributed by atoms with Crippen molar-refractivity contribution in [2.24, 2.45) is 0 Å². The Hall–Kier alpha value is -2.51. The highest BCUT2D eigenvalue weighted by Crippen LogP contribution is 2.29. The van der Waals surface area contributed by atoms with Crippen molar-refractivity contribution < 1.29 is 4.79 Å². The van der Waals surface area contributed by atoms with Crippen LogP contribution in [0.25, 0.3) is 0 Å². The number of nitrogens with zero attached hydrogens (tertiary/aromatic N) is 5. The summed E-state index contributed by atoms with van der Waals surface area (Å²) >= 11 is 6.32. The first-order valence-corrected chi connectivity index (χ1v) is 11.4. The predicted octanol–water partition coefficient (Wildman–Crippen LogP) is 4.26.